The molecule has 0 atom stereocenters. The lowest BCUT2D eigenvalue weighted by Gasteiger charge is -2.31. The van der Waals surface area contributed by atoms with Crippen molar-refractivity contribution in [2.24, 2.45) is 0 Å². The van der Waals surface area contributed by atoms with E-state index in [4.69, 9.17) is 0 Å². The Labute approximate surface area is 95.8 Å². The van der Waals surface area contributed by atoms with Crippen LogP contribution in [0.5, 0.6) is 0 Å². The summed E-state index contributed by atoms with van der Waals surface area (Å²) >= 11 is 0. The first-order chi connectivity index (χ1) is 7.79. The molecule has 0 spiro atoms. The van der Waals surface area contributed by atoms with Gasteiger partial charge < -0.3 is 10.2 Å². The number of hydrogen-bond acceptors (Lipinski definition) is 2. The molecule has 0 amide bonds. The van der Waals surface area contributed by atoms with Gasteiger partial charge >= 0.3 is 0 Å². The average molecular weight is 220 g/mol. The van der Waals surface area contributed by atoms with Gasteiger partial charge in [-0.1, -0.05) is 30.8 Å². The number of nitrogens with one attached hydrogen (secondary N) is 1. The maximum Gasteiger partial charge on any atom is 0.115 e. The highest BCUT2D eigenvalue weighted by Gasteiger charge is 2.12. The Morgan fingerprint density at radius 3 is 2.56 bits per heavy atom. The Kier molecular flexibility index (Phi) is 3.44. The highest BCUT2D eigenvalue weighted by molar-refractivity contribution is 5.22. The van der Waals surface area contributed by atoms with Crippen LogP contribution >= 0.6 is 0 Å². The lowest BCUT2D eigenvalue weighted by atomic mass is 10.1. The van der Waals surface area contributed by atoms with E-state index in [0.717, 1.165) is 37.4 Å². The van der Waals surface area contributed by atoms with E-state index in [-0.39, 0.29) is 0 Å². The van der Waals surface area contributed by atoms with Crippen LogP contribution in [0.2, 0.25) is 0 Å². The van der Waals surface area contributed by atoms with Crippen molar-refractivity contribution in [2.45, 2.75) is 19.6 Å². The molecule has 1 N–H and O–H groups in total. The van der Waals surface area contributed by atoms with Crippen LogP contribution in [0.4, 0.5) is 4.39 Å². The van der Waals surface area contributed by atoms with Gasteiger partial charge in [0.05, 0.1) is 5.82 Å². The number of halogens is 1. The summed E-state index contributed by atoms with van der Waals surface area (Å²) in [5.74, 6) is 0.987. The van der Waals surface area contributed by atoms with Crippen molar-refractivity contribution in [3.8, 4) is 0 Å². The fourth-order valence-electron chi connectivity index (χ4n) is 1.88. The summed E-state index contributed by atoms with van der Waals surface area (Å²) in [6.45, 7) is 6.48. The molecule has 0 saturated carbocycles. The average Bonchev–Trinajstić information content (AvgIpc) is 2.33. The van der Waals surface area contributed by atoms with Crippen LogP contribution in [-0.2, 0) is 13.2 Å². The van der Waals surface area contributed by atoms with Gasteiger partial charge in [-0.25, -0.2) is 4.39 Å². The molecule has 0 unspecified atom stereocenters. The maximum absolute atomic E-state index is 12.3. The molecule has 1 aliphatic heterocycles. The standard InChI is InChI=1S/C13H17FN2/c1-11-15-7-2-8-16(11)10-13-5-3-12(9-14)4-6-13/h3-6,15H,1-2,7-10H2. The summed E-state index contributed by atoms with van der Waals surface area (Å²) in [5.41, 5.74) is 1.93. The Morgan fingerprint density at radius 2 is 1.94 bits per heavy atom. The molecule has 0 aromatic heterocycles. The molecule has 1 saturated heterocycles. The predicted octanol–water partition coefficient (Wildman–Crippen LogP) is 2.42. The third kappa shape index (κ3) is 2.54. The molecular weight excluding hydrogens is 203 g/mol. The van der Waals surface area contributed by atoms with Crippen LogP contribution < -0.4 is 5.32 Å². The molecule has 86 valence electrons. The van der Waals surface area contributed by atoms with Crippen LogP contribution in [0.15, 0.2) is 36.7 Å². The molecule has 2 nitrogen and oxygen atoms in total. The van der Waals surface area contributed by atoms with Crippen molar-refractivity contribution >= 4 is 0 Å². The first-order valence-corrected chi connectivity index (χ1v) is 5.61. The van der Waals surface area contributed by atoms with Gasteiger partial charge in [0.25, 0.3) is 0 Å². The zero-order valence-electron chi connectivity index (χ0n) is 9.38. The van der Waals surface area contributed by atoms with E-state index >= 15 is 0 Å². The van der Waals surface area contributed by atoms with E-state index in [1.54, 1.807) is 0 Å². The second-order valence-corrected chi connectivity index (χ2v) is 4.10. The SMILES string of the molecule is C=C1NCCCN1Cc1ccc(CF)cc1. The monoisotopic (exact) mass is 220 g/mol. The lowest BCUT2D eigenvalue weighted by Crippen LogP contribution is -2.38. The summed E-state index contributed by atoms with van der Waals surface area (Å²) in [4.78, 5) is 2.22. The van der Waals surface area contributed by atoms with E-state index in [0.29, 0.717) is 0 Å². The molecular formula is C13H17FN2. The summed E-state index contributed by atoms with van der Waals surface area (Å²) < 4.78 is 12.3. The number of nitrogens with zero attached hydrogens (tertiary/aromatic N) is 1. The molecule has 1 aliphatic rings. The van der Waals surface area contributed by atoms with Crippen molar-refractivity contribution in [1.29, 1.82) is 0 Å². The normalized spacial score (nSPS) is 16.1. The van der Waals surface area contributed by atoms with Gasteiger partial charge in [-0.2, -0.15) is 0 Å². The van der Waals surface area contributed by atoms with Gasteiger partial charge in [-0.05, 0) is 17.5 Å². The molecule has 0 radical (unpaired) electrons. The maximum atomic E-state index is 12.3. The lowest BCUT2D eigenvalue weighted by molar-refractivity contribution is 0.276. The fraction of sp³-hybridized carbons (Fsp3) is 0.385. The smallest absolute Gasteiger partial charge is 0.115 e. The van der Waals surface area contributed by atoms with Crippen molar-refractivity contribution in [3.05, 3.63) is 47.8 Å². The molecule has 1 heterocycles. The van der Waals surface area contributed by atoms with Crippen LogP contribution in [0.3, 0.4) is 0 Å². The molecule has 16 heavy (non-hydrogen) atoms. The number of alkyl halides is 1. The summed E-state index contributed by atoms with van der Waals surface area (Å²) in [6.07, 6.45) is 1.14. The van der Waals surface area contributed by atoms with Gasteiger partial charge in [0.15, 0.2) is 0 Å². The Bertz CT molecular complexity index is 359. The Hall–Kier alpha value is -1.51. The largest absolute Gasteiger partial charge is 0.372 e. The van der Waals surface area contributed by atoms with Gasteiger partial charge in [0, 0.05) is 19.6 Å². The second-order valence-electron chi connectivity index (χ2n) is 4.10. The topological polar surface area (TPSA) is 15.3 Å². The van der Waals surface area contributed by atoms with Crippen LogP contribution in [0.1, 0.15) is 17.5 Å². The van der Waals surface area contributed by atoms with Gasteiger partial charge in [0.2, 0.25) is 0 Å². The predicted molar refractivity (Wildman–Crippen MR) is 63.4 cm³/mol. The first-order valence-electron chi connectivity index (χ1n) is 5.61. The minimum atomic E-state index is -0.391. The number of rotatable bonds is 3. The van der Waals surface area contributed by atoms with E-state index < -0.39 is 6.67 Å². The minimum Gasteiger partial charge on any atom is -0.372 e. The van der Waals surface area contributed by atoms with Crippen LogP contribution in [0.25, 0.3) is 0 Å². The Morgan fingerprint density at radius 1 is 1.25 bits per heavy atom. The van der Waals surface area contributed by atoms with Crippen molar-refractivity contribution < 1.29 is 4.39 Å². The zero-order chi connectivity index (χ0) is 11.4. The molecule has 1 aromatic carbocycles. The highest BCUT2D eigenvalue weighted by Crippen LogP contribution is 2.13. The Balaban J connectivity index is 1.99. The van der Waals surface area contributed by atoms with E-state index in [1.165, 1.54) is 5.56 Å². The molecule has 0 aliphatic carbocycles. The minimum absolute atomic E-state index is 0.391. The number of benzene rings is 1. The summed E-state index contributed by atoms with van der Waals surface area (Å²) in [6, 6.07) is 7.65. The zero-order valence-corrected chi connectivity index (χ0v) is 9.38. The molecule has 3 heteroatoms. The van der Waals surface area contributed by atoms with Crippen LogP contribution in [0, 0.1) is 0 Å². The van der Waals surface area contributed by atoms with E-state index in [1.807, 2.05) is 24.3 Å². The third-order valence-corrected chi connectivity index (χ3v) is 2.87. The molecule has 2 rings (SSSR count). The first kappa shape index (κ1) is 11.0. The molecule has 0 bridgehead atoms. The van der Waals surface area contributed by atoms with Crippen molar-refractivity contribution in [3.63, 3.8) is 0 Å². The van der Waals surface area contributed by atoms with Crippen molar-refractivity contribution in [2.75, 3.05) is 13.1 Å². The molecule has 1 fully saturated rings. The van der Waals surface area contributed by atoms with E-state index in [2.05, 4.69) is 16.8 Å². The molecule has 1 aromatic rings. The summed E-state index contributed by atoms with van der Waals surface area (Å²) in [7, 11) is 0. The third-order valence-electron chi connectivity index (χ3n) is 2.87. The van der Waals surface area contributed by atoms with Gasteiger partial charge in [-0.15, -0.1) is 0 Å². The highest BCUT2D eigenvalue weighted by atomic mass is 19.1. The second kappa shape index (κ2) is 5.01. The fourth-order valence-corrected chi connectivity index (χ4v) is 1.88. The van der Waals surface area contributed by atoms with Crippen molar-refractivity contribution in [1.82, 2.24) is 10.2 Å². The van der Waals surface area contributed by atoms with E-state index in [9.17, 15) is 4.39 Å². The quantitative estimate of drug-likeness (QED) is 0.841. The van der Waals surface area contributed by atoms with Gasteiger partial charge in [-0.3, -0.25) is 0 Å². The van der Waals surface area contributed by atoms with Gasteiger partial charge in [0.1, 0.15) is 6.67 Å². The number of hydrogen-bond donors (Lipinski definition) is 1. The van der Waals surface area contributed by atoms with Crippen LogP contribution in [-0.4, -0.2) is 18.0 Å². The summed E-state index contributed by atoms with van der Waals surface area (Å²) in [5, 5.41) is 3.25.